The number of anilines is 1. The summed E-state index contributed by atoms with van der Waals surface area (Å²) < 4.78 is 4.94. The highest BCUT2D eigenvalue weighted by molar-refractivity contribution is 7.13. The van der Waals surface area contributed by atoms with E-state index in [-0.39, 0.29) is 0 Å². The molecule has 0 aromatic carbocycles. The summed E-state index contributed by atoms with van der Waals surface area (Å²) in [4.78, 5) is 16.7. The summed E-state index contributed by atoms with van der Waals surface area (Å²) in [5.74, 6) is -1.07. The summed E-state index contributed by atoms with van der Waals surface area (Å²) in [6, 6.07) is -1.05. The molecule has 1 atom stereocenters. The van der Waals surface area contributed by atoms with Crippen LogP contribution in [-0.4, -0.2) is 43.4 Å². The largest absolute Gasteiger partial charge is 0.480 e. The normalized spacial score (nSPS) is 12.4. The molecule has 0 bridgehead atoms. The van der Waals surface area contributed by atoms with Gasteiger partial charge in [0.05, 0.1) is 12.3 Å². The lowest BCUT2D eigenvalue weighted by Gasteiger charge is -2.14. The van der Waals surface area contributed by atoms with Gasteiger partial charge in [-0.05, 0) is 0 Å². The topological polar surface area (TPSA) is 88.7 Å². The molecule has 0 saturated heterocycles. The number of rotatable bonds is 6. The van der Waals surface area contributed by atoms with E-state index in [9.17, 15) is 4.79 Å². The van der Waals surface area contributed by atoms with E-state index >= 15 is 0 Å². The number of nitrogens with two attached hydrogens (primary N) is 1. The van der Waals surface area contributed by atoms with Crippen molar-refractivity contribution in [1.29, 1.82) is 0 Å². The molecule has 3 N–H and O–H groups in total. The molecule has 0 amide bonds. The van der Waals surface area contributed by atoms with Crippen LogP contribution in [0.2, 0.25) is 0 Å². The second-order valence-electron chi connectivity index (χ2n) is 3.29. The van der Waals surface area contributed by atoms with E-state index in [1.165, 1.54) is 11.3 Å². The second-order valence-corrected chi connectivity index (χ2v) is 4.12. The van der Waals surface area contributed by atoms with Crippen LogP contribution in [0.3, 0.4) is 0 Å². The van der Waals surface area contributed by atoms with Crippen molar-refractivity contribution in [2.45, 2.75) is 6.04 Å². The first-order chi connectivity index (χ1) is 7.56. The van der Waals surface area contributed by atoms with Crippen molar-refractivity contribution >= 4 is 22.4 Å². The highest BCUT2D eigenvalue weighted by Crippen LogP contribution is 2.22. The number of aromatic nitrogens is 1. The molecule has 0 aliphatic heterocycles. The molecular formula is C9H15N3O3S. The van der Waals surface area contributed by atoms with Gasteiger partial charge in [-0.1, -0.05) is 0 Å². The number of hydrogen-bond acceptors (Lipinski definition) is 6. The lowest BCUT2D eigenvalue weighted by atomic mass is 10.2. The van der Waals surface area contributed by atoms with E-state index in [2.05, 4.69) is 4.98 Å². The minimum absolute atomic E-state index is 0.386. The van der Waals surface area contributed by atoms with Crippen molar-refractivity contribution in [3.63, 3.8) is 0 Å². The summed E-state index contributed by atoms with van der Waals surface area (Å²) in [6.07, 6.45) is 0. The fourth-order valence-corrected chi connectivity index (χ4v) is 1.90. The number of nitrogens with zero attached hydrogens (tertiary/aromatic N) is 2. The average Bonchev–Trinajstić information content (AvgIpc) is 2.73. The predicted molar refractivity (Wildman–Crippen MR) is 61.8 cm³/mol. The summed E-state index contributed by atoms with van der Waals surface area (Å²) in [5.41, 5.74) is 5.84. The zero-order valence-electron chi connectivity index (χ0n) is 9.21. The standard InChI is InChI=1S/C9H15N3O3S/c1-12(3-4-15-2)9-11-6(5-16-9)7(10)8(13)14/h5,7H,3-4,10H2,1-2H3,(H,13,14). The van der Waals surface area contributed by atoms with E-state index in [0.29, 0.717) is 18.8 Å². The van der Waals surface area contributed by atoms with Crippen LogP contribution < -0.4 is 10.6 Å². The van der Waals surface area contributed by atoms with E-state index in [1.807, 2.05) is 11.9 Å². The van der Waals surface area contributed by atoms with Gasteiger partial charge in [-0.15, -0.1) is 11.3 Å². The Kier molecular flexibility index (Phi) is 4.66. The van der Waals surface area contributed by atoms with Crippen LogP contribution in [-0.2, 0) is 9.53 Å². The monoisotopic (exact) mass is 245 g/mol. The Morgan fingerprint density at radius 1 is 1.81 bits per heavy atom. The molecule has 1 unspecified atom stereocenters. The quantitative estimate of drug-likeness (QED) is 0.750. The Hall–Kier alpha value is -1.18. The van der Waals surface area contributed by atoms with Crippen molar-refractivity contribution in [3.05, 3.63) is 11.1 Å². The number of carboxylic acid groups (broad SMARTS) is 1. The summed E-state index contributed by atoms with van der Waals surface area (Å²) in [6.45, 7) is 1.29. The van der Waals surface area contributed by atoms with Gasteiger partial charge in [0, 0.05) is 26.1 Å². The molecule has 1 aromatic rings. The number of hydrogen-bond donors (Lipinski definition) is 2. The predicted octanol–water partition coefficient (Wildman–Crippen LogP) is 0.310. The molecule has 0 saturated carbocycles. The zero-order valence-corrected chi connectivity index (χ0v) is 10.0. The van der Waals surface area contributed by atoms with Gasteiger partial charge >= 0.3 is 5.97 Å². The lowest BCUT2D eigenvalue weighted by molar-refractivity contribution is -0.138. The van der Waals surface area contributed by atoms with E-state index in [1.54, 1.807) is 12.5 Å². The van der Waals surface area contributed by atoms with Gasteiger partial charge < -0.3 is 20.5 Å². The maximum Gasteiger partial charge on any atom is 0.326 e. The minimum Gasteiger partial charge on any atom is -0.480 e. The average molecular weight is 245 g/mol. The summed E-state index contributed by atoms with van der Waals surface area (Å²) in [5, 5.41) is 11.1. The molecule has 0 spiro atoms. The van der Waals surface area contributed by atoms with Crippen molar-refractivity contribution in [1.82, 2.24) is 4.98 Å². The van der Waals surface area contributed by atoms with Crippen molar-refractivity contribution < 1.29 is 14.6 Å². The molecule has 0 aliphatic rings. The van der Waals surface area contributed by atoms with Crippen LogP contribution >= 0.6 is 11.3 Å². The van der Waals surface area contributed by atoms with E-state index in [0.717, 1.165) is 5.13 Å². The fourth-order valence-electron chi connectivity index (χ4n) is 1.04. The highest BCUT2D eigenvalue weighted by atomic mass is 32.1. The molecule has 1 aromatic heterocycles. The number of methoxy groups -OCH3 is 1. The van der Waals surface area contributed by atoms with Crippen LogP contribution in [0.15, 0.2) is 5.38 Å². The maximum absolute atomic E-state index is 10.7. The number of carbonyl (C=O) groups is 1. The minimum atomic E-state index is -1.07. The Bertz CT molecular complexity index is 356. The van der Waals surface area contributed by atoms with Crippen molar-refractivity contribution in [2.24, 2.45) is 5.73 Å². The highest BCUT2D eigenvalue weighted by Gasteiger charge is 2.18. The molecule has 1 rings (SSSR count). The van der Waals surface area contributed by atoms with Crippen LogP contribution in [0.1, 0.15) is 11.7 Å². The molecular weight excluding hydrogens is 230 g/mol. The smallest absolute Gasteiger partial charge is 0.326 e. The molecule has 16 heavy (non-hydrogen) atoms. The van der Waals surface area contributed by atoms with Crippen LogP contribution in [0.5, 0.6) is 0 Å². The molecule has 7 heteroatoms. The van der Waals surface area contributed by atoms with Gasteiger partial charge in [0.2, 0.25) is 0 Å². The number of carboxylic acids is 1. The first kappa shape index (κ1) is 12.9. The molecule has 0 fully saturated rings. The number of thiazole rings is 1. The van der Waals surface area contributed by atoms with Crippen LogP contribution in [0, 0.1) is 0 Å². The molecule has 1 heterocycles. The Morgan fingerprint density at radius 3 is 3.06 bits per heavy atom. The van der Waals surface area contributed by atoms with Crippen molar-refractivity contribution in [2.75, 3.05) is 32.2 Å². The number of aliphatic carboxylic acids is 1. The first-order valence-electron chi connectivity index (χ1n) is 4.70. The van der Waals surface area contributed by atoms with Gasteiger partial charge in [0.25, 0.3) is 0 Å². The Balaban J connectivity index is 2.67. The van der Waals surface area contributed by atoms with Crippen LogP contribution in [0.4, 0.5) is 5.13 Å². The van der Waals surface area contributed by atoms with Crippen molar-refractivity contribution in [3.8, 4) is 0 Å². The van der Waals surface area contributed by atoms with E-state index < -0.39 is 12.0 Å². The number of ether oxygens (including phenoxy) is 1. The summed E-state index contributed by atoms with van der Waals surface area (Å²) in [7, 11) is 3.50. The van der Waals surface area contributed by atoms with Gasteiger partial charge in [-0.25, -0.2) is 4.98 Å². The Labute approximate surface area is 97.7 Å². The summed E-state index contributed by atoms with van der Waals surface area (Å²) >= 11 is 1.37. The third-order valence-electron chi connectivity index (χ3n) is 2.05. The van der Waals surface area contributed by atoms with E-state index in [4.69, 9.17) is 15.6 Å². The fraction of sp³-hybridized carbons (Fsp3) is 0.556. The second kappa shape index (κ2) is 5.78. The lowest BCUT2D eigenvalue weighted by Crippen LogP contribution is -2.23. The van der Waals surface area contributed by atoms with Gasteiger partial charge in [-0.3, -0.25) is 4.79 Å². The SMILES string of the molecule is COCCN(C)c1nc(C(N)C(=O)O)cs1. The zero-order chi connectivity index (χ0) is 12.1. The third-order valence-corrected chi connectivity index (χ3v) is 3.03. The van der Waals surface area contributed by atoms with Gasteiger partial charge in [0.1, 0.15) is 6.04 Å². The van der Waals surface area contributed by atoms with Gasteiger partial charge in [0.15, 0.2) is 5.13 Å². The maximum atomic E-state index is 10.7. The van der Waals surface area contributed by atoms with Crippen LogP contribution in [0.25, 0.3) is 0 Å². The first-order valence-corrected chi connectivity index (χ1v) is 5.58. The molecule has 0 radical (unpaired) electrons. The molecule has 6 nitrogen and oxygen atoms in total. The Morgan fingerprint density at radius 2 is 2.50 bits per heavy atom. The molecule has 90 valence electrons. The molecule has 0 aliphatic carbocycles. The third kappa shape index (κ3) is 3.16. The number of likely N-dealkylation sites (N-methyl/N-ethyl adjacent to an activating group) is 1. The van der Waals surface area contributed by atoms with Gasteiger partial charge in [-0.2, -0.15) is 0 Å².